The van der Waals surface area contributed by atoms with E-state index < -0.39 is 0 Å². The molecule has 12 heavy (non-hydrogen) atoms. The predicted octanol–water partition coefficient (Wildman–Crippen LogP) is -0.161. The summed E-state index contributed by atoms with van der Waals surface area (Å²) in [7, 11) is 3.73. The molecule has 1 radical (unpaired) electrons. The lowest BCUT2D eigenvalue weighted by Crippen LogP contribution is -2.27. The number of hydrogen-bond acceptors (Lipinski definition) is 6. The average Bonchev–Trinajstić information content (AvgIpc) is 2.48. The first-order chi connectivity index (χ1) is 5.75. The Bertz CT molecular complexity index is 258. The van der Waals surface area contributed by atoms with Gasteiger partial charge in [-0.2, -0.15) is 0 Å². The molecule has 1 aromatic rings. The Kier molecular flexibility index (Phi) is 3.42. The Morgan fingerprint density at radius 3 is 3.00 bits per heavy atom. The minimum atomic E-state index is 0.615. The summed E-state index contributed by atoms with van der Waals surface area (Å²) in [6, 6.07) is 0. The van der Waals surface area contributed by atoms with Gasteiger partial charge in [0, 0.05) is 25.2 Å². The molecule has 7 heteroatoms. The smallest absolute Gasteiger partial charge is 0.231 e. The number of aromatic nitrogens is 4. The molecule has 1 aromatic heterocycles. The molecule has 5 nitrogen and oxygen atoms in total. The molecule has 0 unspecified atom stereocenters. The van der Waals surface area contributed by atoms with E-state index in [0.29, 0.717) is 5.75 Å². The van der Waals surface area contributed by atoms with E-state index in [1.165, 1.54) is 11.8 Å². The third-order valence-electron chi connectivity index (χ3n) is 1.07. The van der Waals surface area contributed by atoms with Crippen LogP contribution in [0.15, 0.2) is 5.16 Å². The quantitative estimate of drug-likeness (QED) is 0.499. The summed E-state index contributed by atoms with van der Waals surface area (Å²) in [5.74, 6) is 0.615. The van der Waals surface area contributed by atoms with Crippen molar-refractivity contribution in [3.63, 3.8) is 0 Å². The minimum Gasteiger partial charge on any atom is -0.299 e. The molecule has 0 atom stereocenters. The number of thioether (sulfide) groups is 1. The third-order valence-corrected chi connectivity index (χ3v) is 2.18. The van der Waals surface area contributed by atoms with Crippen LogP contribution in [-0.4, -0.2) is 45.5 Å². The van der Waals surface area contributed by atoms with Gasteiger partial charge in [0.05, 0.1) is 0 Å². The van der Waals surface area contributed by atoms with Crippen molar-refractivity contribution in [1.29, 1.82) is 0 Å². The van der Waals surface area contributed by atoms with Gasteiger partial charge in [0.2, 0.25) is 5.16 Å². The molecular formula is C5H8N5S2. The largest absolute Gasteiger partial charge is 0.299 e. The maximum absolute atomic E-state index is 4.57. The van der Waals surface area contributed by atoms with Crippen molar-refractivity contribution >= 4 is 29.3 Å². The Morgan fingerprint density at radius 2 is 2.42 bits per heavy atom. The van der Waals surface area contributed by atoms with Gasteiger partial charge in [0.15, 0.2) is 0 Å². The van der Waals surface area contributed by atoms with E-state index >= 15 is 0 Å². The van der Waals surface area contributed by atoms with E-state index in [9.17, 15) is 0 Å². The predicted molar refractivity (Wildman–Crippen MR) is 51.2 cm³/mol. The van der Waals surface area contributed by atoms with E-state index in [1.807, 2.05) is 14.1 Å². The lowest BCUT2D eigenvalue weighted by molar-refractivity contribution is 0.566. The highest BCUT2D eigenvalue weighted by molar-refractivity contribution is 8.00. The van der Waals surface area contributed by atoms with Crippen LogP contribution in [0.5, 0.6) is 0 Å². The molecule has 0 bridgehead atoms. The van der Waals surface area contributed by atoms with Gasteiger partial charge in [0.25, 0.3) is 0 Å². The van der Waals surface area contributed by atoms with Crippen molar-refractivity contribution in [3.8, 4) is 0 Å². The standard InChI is InChI=1S/C5H8N5S2/c1-9(2)10-5(6-7-8-10)12-4-3-11/h4H2,1-2H3. The molecule has 0 aliphatic carbocycles. The SMILES string of the molecule is CN(C)n1nnnc1SC[C]=S. The molecule has 0 saturated carbocycles. The molecule has 0 spiro atoms. The maximum Gasteiger partial charge on any atom is 0.231 e. The normalized spacial score (nSPS) is 9.83. The van der Waals surface area contributed by atoms with Gasteiger partial charge in [0.1, 0.15) is 0 Å². The van der Waals surface area contributed by atoms with Gasteiger partial charge in [-0.3, -0.25) is 5.01 Å². The van der Waals surface area contributed by atoms with E-state index in [1.54, 1.807) is 9.80 Å². The van der Waals surface area contributed by atoms with Gasteiger partial charge in [-0.1, -0.05) is 29.1 Å². The molecule has 0 N–H and O–H groups in total. The summed E-state index contributed by atoms with van der Waals surface area (Å²) in [6.07, 6.45) is 0. The first kappa shape index (κ1) is 9.40. The molecular weight excluding hydrogens is 194 g/mol. The Balaban J connectivity index is 2.70. The topological polar surface area (TPSA) is 46.8 Å². The molecule has 0 aromatic carbocycles. The number of thiocarbonyl (C=S) groups is 1. The lowest BCUT2D eigenvalue weighted by atomic mass is 11.0. The van der Waals surface area contributed by atoms with Gasteiger partial charge in [-0.05, 0) is 10.4 Å². The second-order valence-electron chi connectivity index (χ2n) is 2.13. The fraction of sp³-hybridized carbons (Fsp3) is 0.600. The first-order valence-electron chi connectivity index (χ1n) is 3.19. The fourth-order valence-corrected chi connectivity index (χ4v) is 1.38. The van der Waals surface area contributed by atoms with Gasteiger partial charge in [-0.15, -0.1) is 4.79 Å². The molecule has 0 aliphatic heterocycles. The number of nitrogens with zero attached hydrogens (tertiary/aromatic N) is 5. The average molecular weight is 202 g/mol. The van der Waals surface area contributed by atoms with Crippen LogP contribution in [0.2, 0.25) is 0 Å². The van der Waals surface area contributed by atoms with Crippen LogP contribution in [-0.2, 0) is 0 Å². The first-order valence-corrected chi connectivity index (χ1v) is 4.59. The zero-order valence-corrected chi connectivity index (χ0v) is 8.39. The summed E-state index contributed by atoms with van der Waals surface area (Å²) >= 11 is 6.02. The van der Waals surface area contributed by atoms with Crippen LogP contribution in [0.4, 0.5) is 0 Å². The Hall–Kier alpha value is -0.690. The van der Waals surface area contributed by atoms with E-state index in [-0.39, 0.29) is 0 Å². The van der Waals surface area contributed by atoms with Crippen molar-refractivity contribution in [2.45, 2.75) is 5.16 Å². The van der Waals surface area contributed by atoms with Gasteiger partial charge >= 0.3 is 0 Å². The summed E-state index contributed by atoms with van der Waals surface area (Å²) in [4.78, 5) is 1.59. The molecule has 0 amide bonds. The zero-order chi connectivity index (χ0) is 8.97. The third kappa shape index (κ3) is 2.15. The molecule has 1 rings (SSSR count). The lowest BCUT2D eigenvalue weighted by Gasteiger charge is -2.11. The number of tetrazole rings is 1. The van der Waals surface area contributed by atoms with Crippen molar-refractivity contribution < 1.29 is 0 Å². The van der Waals surface area contributed by atoms with Crippen LogP contribution in [0.1, 0.15) is 0 Å². The van der Waals surface area contributed by atoms with Crippen LogP contribution >= 0.6 is 24.0 Å². The van der Waals surface area contributed by atoms with Gasteiger partial charge < -0.3 is 0 Å². The molecule has 0 fully saturated rings. The highest BCUT2D eigenvalue weighted by atomic mass is 32.2. The molecule has 65 valence electrons. The van der Waals surface area contributed by atoms with Crippen molar-refractivity contribution in [1.82, 2.24) is 20.3 Å². The minimum absolute atomic E-state index is 0.615. The molecule has 1 heterocycles. The van der Waals surface area contributed by atoms with Crippen LogP contribution in [0, 0.1) is 0 Å². The van der Waals surface area contributed by atoms with Crippen LogP contribution in [0.3, 0.4) is 0 Å². The van der Waals surface area contributed by atoms with Crippen molar-refractivity contribution in [3.05, 3.63) is 0 Å². The van der Waals surface area contributed by atoms with E-state index in [2.05, 4.69) is 33.1 Å². The van der Waals surface area contributed by atoms with Crippen molar-refractivity contribution in [2.24, 2.45) is 0 Å². The zero-order valence-electron chi connectivity index (χ0n) is 6.76. The summed E-state index contributed by atoms with van der Waals surface area (Å²) in [6.45, 7) is 0. The number of rotatable bonds is 4. The van der Waals surface area contributed by atoms with Gasteiger partial charge in [-0.25, -0.2) is 0 Å². The maximum atomic E-state index is 4.57. The van der Waals surface area contributed by atoms with E-state index in [4.69, 9.17) is 0 Å². The fourth-order valence-electron chi connectivity index (χ4n) is 0.606. The van der Waals surface area contributed by atoms with Crippen LogP contribution < -0.4 is 5.01 Å². The summed E-state index contributed by atoms with van der Waals surface area (Å²) in [5, 5.41) is 16.2. The van der Waals surface area contributed by atoms with Crippen molar-refractivity contribution in [2.75, 3.05) is 24.9 Å². The Labute approximate surface area is 80.1 Å². The molecule has 0 aliphatic rings. The second-order valence-corrected chi connectivity index (χ2v) is 3.36. The highest BCUT2D eigenvalue weighted by Gasteiger charge is 2.06. The van der Waals surface area contributed by atoms with E-state index in [0.717, 1.165) is 5.16 Å². The molecule has 0 saturated heterocycles. The summed E-state index contributed by atoms with van der Waals surface area (Å²) in [5.41, 5.74) is 0. The van der Waals surface area contributed by atoms with Crippen LogP contribution in [0.25, 0.3) is 0 Å². The summed E-state index contributed by atoms with van der Waals surface area (Å²) < 4.78 is 0. The monoisotopic (exact) mass is 202 g/mol. The Morgan fingerprint density at radius 1 is 1.67 bits per heavy atom. The second kappa shape index (κ2) is 4.36. The number of hydrogen-bond donors (Lipinski definition) is 0. The highest BCUT2D eigenvalue weighted by Crippen LogP contribution is 2.11.